The van der Waals surface area contributed by atoms with Gasteiger partial charge in [0.05, 0.1) is 0 Å². The molecule has 1 aromatic heterocycles. The smallest absolute Gasteiger partial charge is 0.251 e. The second-order valence-corrected chi connectivity index (χ2v) is 5.71. The van der Waals surface area contributed by atoms with E-state index in [1.807, 2.05) is 33.1 Å². The molecule has 1 rings (SSSR count). The molecule has 0 aliphatic heterocycles. The Kier molecular flexibility index (Phi) is 6.11. The van der Waals surface area contributed by atoms with Crippen LogP contribution in [-0.4, -0.2) is 28.9 Å². The molecule has 0 aliphatic carbocycles. The maximum Gasteiger partial charge on any atom is 0.251 e. The van der Waals surface area contributed by atoms with Gasteiger partial charge in [-0.3, -0.25) is 4.79 Å². The Morgan fingerprint density at radius 1 is 1.42 bits per heavy atom. The number of nitrogens with zero attached hydrogens (tertiary/aromatic N) is 1. The van der Waals surface area contributed by atoms with Crippen molar-refractivity contribution in [3.05, 3.63) is 23.4 Å². The number of carbonyl (C=O) groups excluding carboxylic acids is 1. The number of aromatic nitrogens is 1. The van der Waals surface area contributed by atoms with E-state index in [4.69, 9.17) is 5.84 Å². The summed E-state index contributed by atoms with van der Waals surface area (Å²) >= 11 is 1.70. The third-order valence-corrected chi connectivity index (χ3v) is 3.47. The predicted molar refractivity (Wildman–Crippen MR) is 81.4 cm³/mol. The second-order valence-electron chi connectivity index (χ2n) is 4.79. The van der Waals surface area contributed by atoms with Gasteiger partial charge in [0.2, 0.25) is 0 Å². The van der Waals surface area contributed by atoms with Crippen LogP contribution in [0.15, 0.2) is 12.1 Å². The summed E-state index contributed by atoms with van der Waals surface area (Å²) in [7, 11) is 0. The number of rotatable bonds is 6. The van der Waals surface area contributed by atoms with Crippen LogP contribution < -0.4 is 16.6 Å². The van der Waals surface area contributed by atoms with E-state index >= 15 is 0 Å². The molecule has 1 heterocycles. The van der Waals surface area contributed by atoms with Gasteiger partial charge in [-0.25, -0.2) is 10.8 Å². The fraction of sp³-hybridized carbons (Fsp3) is 0.538. The molecule has 1 unspecified atom stereocenters. The largest absolute Gasteiger partial charge is 0.349 e. The van der Waals surface area contributed by atoms with Crippen molar-refractivity contribution < 1.29 is 4.79 Å². The number of hydrazine groups is 1. The Bertz CT molecular complexity index is 437. The molecule has 6 heteroatoms. The predicted octanol–water partition coefficient (Wildman–Crippen LogP) is 1.97. The highest BCUT2D eigenvalue weighted by Crippen LogP contribution is 2.17. The molecule has 4 N–H and O–H groups in total. The molecule has 0 spiro atoms. The summed E-state index contributed by atoms with van der Waals surface area (Å²) < 4.78 is 0. The summed E-state index contributed by atoms with van der Waals surface area (Å²) in [6.07, 6.45) is 2.02. The van der Waals surface area contributed by atoms with E-state index in [2.05, 4.69) is 15.7 Å². The lowest BCUT2D eigenvalue weighted by Gasteiger charge is -2.14. The molecule has 5 nitrogen and oxygen atoms in total. The maximum atomic E-state index is 12.2. The highest BCUT2D eigenvalue weighted by Gasteiger charge is 2.13. The molecule has 19 heavy (non-hydrogen) atoms. The summed E-state index contributed by atoms with van der Waals surface area (Å²) in [5.41, 5.74) is 3.93. The zero-order valence-electron chi connectivity index (χ0n) is 11.9. The summed E-state index contributed by atoms with van der Waals surface area (Å²) in [5.74, 6) is 6.93. The zero-order valence-corrected chi connectivity index (χ0v) is 12.7. The third kappa shape index (κ3) is 4.72. The highest BCUT2D eigenvalue weighted by molar-refractivity contribution is 7.98. The highest BCUT2D eigenvalue weighted by atomic mass is 32.2. The Morgan fingerprint density at radius 2 is 2.11 bits per heavy atom. The van der Waals surface area contributed by atoms with Crippen LogP contribution >= 0.6 is 11.8 Å². The molecule has 1 amide bonds. The van der Waals surface area contributed by atoms with Crippen molar-refractivity contribution in [3.8, 4) is 0 Å². The minimum absolute atomic E-state index is 0.0950. The van der Waals surface area contributed by atoms with Gasteiger partial charge < -0.3 is 10.7 Å². The Hall–Kier alpha value is -1.27. The first-order chi connectivity index (χ1) is 8.97. The number of amides is 1. The maximum absolute atomic E-state index is 12.2. The number of pyridine rings is 1. The van der Waals surface area contributed by atoms with Gasteiger partial charge in [0.15, 0.2) is 0 Å². The number of hydrogen-bond donors (Lipinski definition) is 3. The third-order valence-electron chi connectivity index (χ3n) is 2.64. The Balaban J connectivity index is 2.92. The van der Waals surface area contributed by atoms with Crippen LogP contribution in [0.3, 0.4) is 0 Å². The van der Waals surface area contributed by atoms with E-state index in [0.29, 0.717) is 11.4 Å². The van der Waals surface area contributed by atoms with E-state index in [1.54, 1.807) is 17.8 Å². The molecule has 0 saturated carbocycles. The van der Waals surface area contributed by atoms with E-state index in [0.717, 1.165) is 11.4 Å². The molecule has 0 fully saturated rings. The fourth-order valence-electron chi connectivity index (χ4n) is 1.65. The van der Waals surface area contributed by atoms with E-state index < -0.39 is 0 Å². The van der Waals surface area contributed by atoms with Gasteiger partial charge in [-0.1, -0.05) is 13.8 Å². The minimum atomic E-state index is -0.0950. The lowest BCUT2D eigenvalue weighted by Crippen LogP contribution is -2.34. The van der Waals surface area contributed by atoms with Gasteiger partial charge in [-0.15, -0.1) is 0 Å². The Labute approximate surface area is 118 Å². The molecule has 0 aromatic carbocycles. The van der Waals surface area contributed by atoms with Gasteiger partial charge in [0, 0.05) is 23.1 Å². The molecule has 0 bridgehead atoms. The molecule has 0 saturated heterocycles. The van der Waals surface area contributed by atoms with Crippen LogP contribution in [0.5, 0.6) is 0 Å². The van der Waals surface area contributed by atoms with Crippen molar-refractivity contribution in [1.82, 2.24) is 10.3 Å². The van der Waals surface area contributed by atoms with Crippen LogP contribution in [0.4, 0.5) is 5.82 Å². The number of carbonyl (C=O) groups is 1. The van der Waals surface area contributed by atoms with Gasteiger partial charge in [-0.05, 0) is 31.2 Å². The first-order valence-corrected chi connectivity index (χ1v) is 7.65. The van der Waals surface area contributed by atoms with Crippen LogP contribution in [-0.2, 0) is 0 Å². The first kappa shape index (κ1) is 15.8. The number of nitrogens with one attached hydrogen (secondary N) is 2. The second kappa shape index (κ2) is 7.35. The SMILES string of the molecule is CSCC(C)NC(=O)c1cc(NN)nc(C(C)C)c1. The molecule has 0 radical (unpaired) electrons. The molecule has 1 atom stereocenters. The van der Waals surface area contributed by atoms with E-state index in [-0.39, 0.29) is 17.9 Å². The van der Waals surface area contributed by atoms with E-state index in [9.17, 15) is 4.79 Å². The average molecular weight is 282 g/mol. The van der Waals surface area contributed by atoms with Crippen molar-refractivity contribution in [2.45, 2.75) is 32.7 Å². The van der Waals surface area contributed by atoms with Crippen molar-refractivity contribution in [2.24, 2.45) is 5.84 Å². The van der Waals surface area contributed by atoms with Crippen molar-refractivity contribution in [3.63, 3.8) is 0 Å². The van der Waals surface area contributed by atoms with Crippen LogP contribution in [0.2, 0.25) is 0 Å². The molecular weight excluding hydrogens is 260 g/mol. The zero-order chi connectivity index (χ0) is 14.4. The summed E-state index contributed by atoms with van der Waals surface area (Å²) in [6.45, 7) is 6.04. The summed E-state index contributed by atoms with van der Waals surface area (Å²) in [6, 6.07) is 3.60. The topological polar surface area (TPSA) is 80.0 Å². The monoisotopic (exact) mass is 282 g/mol. The summed E-state index contributed by atoms with van der Waals surface area (Å²) in [4.78, 5) is 16.5. The molecule has 0 aliphatic rings. The number of anilines is 1. The average Bonchev–Trinajstić information content (AvgIpc) is 2.38. The summed E-state index contributed by atoms with van der Waals surface area (Å²) in [5, 5.41) is 2.96. The van der Waals surface area contributed by atoms with E-state index in [1.165, 1.54) is 0 Å². The van der Waals surface area contributed by atoms with Crippen LogP contribution in [0.25, 0.3) is 0 Å². The molecule has 106 valence electrons. The van der Waals surface area contributed by atoms with Crippen molar-refractivity contribution in [2.75, 3.05) is 17.4 Å². The number of thioether (sulfide) groups is 1. The first-order valence-electron chi connectivity index (χ1n) is 6.26. The fourth-order valence-corrected chi connectivity index (χ4v) is 2.23. The van der Waals surface area contributed by atoms with Crippen LogP contribution in [0, 0.1) is 0 Å². The van der Waals surface area contributed by atoms with Crippen molar-refractivity contribution in [1.29, 1.82) is 0 Å². The van der Waals surface area contributed by atoms with Gasteiger partial charge >= 0.3 is 0 Å². The lowest BCUT2D eigenvalue weighted by molar-refractivity contribution is 0.0943. The standard InChI is InChI=1S/C13H22N4OS/c1-8(2)11-5-10(6-12(16-11)17-14)13(18)15-9(3)7-19-4/h5-6,8-9H,7,14H2,1-4H3,(H,15,18)(H,16,17). The number of nitrogens with two attached hydrogens (primary N) is 1. The number of nitrogen functional groups attached to an aromatic ring is 1. The molecular formula is C13H22N4OS. The normalized spacial score (nSPS) is 12.3. The minimum Gasteiger partial charge on any atom is -0.349 e. The van der Waals surface area contributed by atoms with Crippen LogP contribution in [0.1, 0.15) is 42.7 Å². The quantitative estimate of drug-likeness (QED) is 0.549. The molecule has 1 aromatic rings. The lowest BCUT2D eigenvalue weighted by atomic mass is 10.1. The van der Waals surface area contributed by atoms with Crippen molar-refractivity contribution >= 4 is 23.5 Å². The van der Waals surface area contributed by atoms with Gasteiger partial charge in [0.1, 0.15) is 5.82 Å². The van der Waals surface area contributed by atoms with Gasteiger partial charge in [-0.2, -0.15) is 11.8 Å². The number of hydrogen-bond acceptors (Lipinski definition) is 5. The van der Waals surface area contributed by atoms with Gasteiger partial charge in [0.25, 0.3) is 5.91 Å². The Morgan fingerprint density at radius 3 is 2.63 bits per heavy atom.